The van der Waals surface area contributed by atoms with E-state index < -0.39 is 0 Å². The molecular weight excluding hydrogens is 351 g/mol. The Kier molecular flexibility index (Phi) is 4.22. The lowest BCUT2D eigenvalue weighted by atomic mass is 10.2. The molecule has 0 N–H and O–H groups in total. The molecule has 0 fully saturated rings. The highest BCUT2D eigenvalue weighted by molar-refractivity contribution is 7.11. The van der Waals surface area contributed by atoms with Crippen molar-refractivity contribution in [2.75, 3.05) is 0 Å². The Balaban J connectivity index is 1.62. The standard InChI is InChI=1S/C20H11FN2O2S/c21-15-5-3-13(4-6-15)18-8-7-16(25-18)10-14(11-22)20-23-17(12-26-20)19-2-1-9-24-19/h1-10,12H/b14-10+. The summed E-state index contributed by atoms with van der Waals surface area (Å²) in [6.45, 7) is 0. The molecule has 4 rings (SSSR count). The van der Waals surface area contributed by atoms with Gasteiger partial charge in [0.1, 0.15) is 34.1 Å². The zero-order chi connectivity index (χ0) is 17.9. The number of allylic oxidation sites excluding steroid dienone is 1. The largest absolute Gasteiger partial charge is 0.463 e. The highest BCUT2D eigenvalue weighted by Gasteiger charge is 2.12. The summed E-state index contributed by atoms with van der Waals surface area (Å²) in [5.41, 5.74) is 1.84. The lowest BCUT2D eigenvalue weighted by Crippen LogP contribution is -1.81. The smallest absolute Gasteiger partial charge is 0.153 e. The average molecular weight is 362 g/mol. The fourth-order valence-electron chi connectivity index (χ4n) is 2.42. The molecule has 0 spiro atoms. The Morgan fingerprint density at radius 2 is 1.96 bits per heavy atom. The van der Waals surface area contributed by atoms with Gasteiger partial charge in [0.25, 0.3) is 0 Å². The van der Waals surface area contributed by atoms with Gasteiger partial charge in [-0.1, -0.05) is 0 Å². The predicted octanol–water partition coefficient (Wildman–Crippen LogP) is 5.87. The molecule has 0 saturated carbocycles. The lowest BCUT2D eigenvalue weighted by Gasteiger charge is -1.96. The third-order valence-electron chi connectivity index (χ3n) is 3.67. The van der Waals surface area contributed by atoms with Gasteiger partial charge in [-0.25, -0.2) is 9.37 Å². The highest BCUT2D eigenvalue weighted by atomic mass is 32.1. The fraction of sp³-hybridized carbons (Fsp3) is 0. The topological polar surface area (TPSA) is 63.0 Å². The summed E-state index contributed by atoms with van der Waals surface area (Å²) in [5, 5.41) is 11.9. The second-order valence-electron chi connectivity index (χ2n) is 5.39. The summed E-state index contributed by atoms with van der Waals surface area (Å²) in [6, 6.07) is 15.3. The lowest BCUT2D eigenvalue weighted by molar-refractivity contribution is 0.571. The minimum Gasteiger partial charge on any atom is -0.463 e. The van der Waals surface area contributed by atoms with E-state index in [2.05, 4.69) is 11.1 Å². The van der Waals surface area contributed by atoms with E-state index in [1.54, 1.807) is 42.7 Å². The van der Waals surface area contributed by atoms with Gasteiger partial charge in [0.05, 0.1) is 11.8 Å². The van der Waals surface area contributed by atoms with Crippen LogP contribution in [0.15, 0.2) is 69.0 Å². The van der Waals surface area contributed by atoms with Crippen molar-refractivity contribution in [1.82, 2.24) is 4.98 Å². The van der Waals surface area contributed by atoms with Gasteiger partial charge in [-0.3, -0.25) is 0 Å². The molecule has 3 aromatic heterocycles. The number of thiazole rings is 1. The molecule has 0 amide bonds. The van der Waals surface area contributed by atoms with Crippen LogP contribution in [0.2, 0.25) is 0 Å². The van der Waals surface area contributed by atoms with Crippen molar-refractivity contribution in [2.45, 2.75) is 0 Å². The molecular formula is C20H11FN2O2S. The van der Waals surface area contributed by atoms with Crippen LogP contribution in [0.3, 0.4) is 0 Å². The third-order valence-corrected chi connectivity index (χ3v) is 4.55. The van der Waals surface area contributed by atoms with E-state index in [0.29, 0.717) is 33.6 Å². The molecule has 0 unspecified atom stereocenters. The number of rotatable bonds is 4. The van der Waals surface area contributed by atoms with Gasteiger partial charge in [-0.15, -0.1) is 11.3 Å². The van der Waals surface area contributed by atoms with Gasteiger partial charge in [-0.2, -0.15) is 5.26 Å². The molecule has 4 aromatic rings. The van der Waals surface area contributed by atoms with Crippen molar-refractivity contribution in [3.05, 3.63) is 76.8 Å². The first-order valence-electron chi connectivity index (χ1n) is 7.70. The number of benzene rings is 1. The average Bonchev–Trinajstić information content (AvgIpc) is 3.40. The Bertz CT molecular complexity index is 1100. The summed E-state index contributed by atoms with van der Waals surface area (Å²) < 4.78 is 24.1. The van der Waals surface area contributed by atoms with E-state index in [-0.39, 0.29) is 5.82 Å². The van der Waals surface area contributed by atoms with Crippen LogP contribution in [0, 0.1) is 17.1 Å². The molecule has 0 radical (unpaired) electrons. The van der Waals surface area contributed by atoms with Gasteiger partial charge < -0.3 is 8.83 Å². The first-order valence-corrected chi connectivity index (χ1v) is 8.58. The minimum absolute atomic E-state index is 0.302. The van der Waals surface area contributed by atoms with Crippen molar-refractivity contribution in [3.8, 4) is 28.8 Å². The maximum Gasteiger partial charge on any atom is 0.153 e. The minimum atomic E-state index is -0.302. The molecule has 4 nitrogen and oxygen atoms in total. The fourth-order valence-corrected chi connectivity index (χ4v) is 3.19. The Labute approximate surface area is 152 Å². The van der Waals surface area contributed by atoms with Crippen LogP contribution in [0.4, 0.5) is 4.39 Å². The van der Waals surface area contributed by atoms with Gasteiger partial charge in [-0.05, 0) is 48.5 Å². The van der Waals surface area contributed by atoms with E-state index in [9.17, 15) is 9.65 Å². The van der Waals surface area contributed by atoms with Crippen LogP contribution in [-0.2, 0) is 0 Å². The molecule has 3 heterocycles. The first-order chi connectivity index (χ1) is 12.7. The highest BCUT2D eigenvalue weighted by Crippen LogP contribution is 2.29. The molecule has 0 bridgehead atoms. The van der Waals surface area contributed by atoms with Gasteiger partial charge in [0.15, 0.2) is 5.76 Å². The Hall–Kier alpha value is -3.43. The second kappa shape index (κ2) is 6.82. The van der Waals surface area contributed by atoms with Gasteiger partial charge >= 0.3 is 0 Å². The Morgan fingerprint density at radius 1 is 1.12 bits per heavy atom. The zero-order valence-corrected chi connectivity index (χ0v) is 14.2. The van der Waals surface area contributed by atoms with E-state index in [4.69, 9.17) is 8.83 Å². The van der Waals surface area contributed by atoms with Crippen molar-refractivity contribution in [2.24, 2.45) is 0 Å². The number of aromatic nitrogens is 1. The van der Waals surface area contributed by atoms with Crippen LogP contribution in [0.25, 0.3) is 34.4 Å². The second-order valence-corrected chi connectivity index (χ2v) is 6.25. The summed E-state index contributed by atoms with van der Waals surface area (Å²) in [4.78, 5) is 4.45. The monoisotopic (exact) mass is 362 g/mol. The summed E-state index contributed by atoms with van der Waals surface area (Å²) in [5.74, 6) is 1.48. The van der Waals surface area contributed by atoms with Gasteiger partial charge in [0, 0.05) is 17.0 Å². The van der Waals surface area contributed by atoms with Gasteiger partial charge in [0.2, 0.25) is 0 Å². The van der Waals surface area contributed by atoms with Crippen molar-refractivity contribution in [1.29, 1.82) is 5.26 Å². The van der Waals surface area contributed by atoms with Crippen LogP contribution < -0.4 is 0 Å². The van der Waals surface area contributed by atoms with Crippen LogP contribution in [0.5, 0.6) is 0 Å². The zero-order valence-electron chi connectivity index (χ0n) is 13.3. The van der Waals surface area contributed by atoms with Crippen LogP contribution >= 0.6 is 11.3 Å². The molecule has 0 aliphatic heterocycles. The SMILES string of the molecule is N#C/C(=C\c1ccc(-c2ccc(F)cc2)o1)c1nc(-c2ccco2)cs1. The van der Waals surface area contributed by atoms with Crippen molar-refractivity contribution < 1.29 is 13.2 Å². The quantitative estimate of drug-likeness (QED) is 0.426. The van der Waals surface area contributed by atoms with E-state index >= 15 is 0 Å². The normalized spacial score (nSPS) is 11.5. The first kappa shape index (κ1) is 16.1. The maximum atomic E-state index is 13.0. The van der Waals surface area contributed by atoms with Crippen LogP contribution in [-0.4, -0.2) is 4.98 Å². The third kappa shape index (κ3) is 3.21. The number of nitriles is 1. The predicted molar refractivity (Wildman–Crippen MR) is 97.4 cm³/mol. The molecule has 0 aliphatic carbocycles. The number of halogens is 1. The maximum absolute atomic E-state index is 13.0. The molecule has 6 heteroatoms. The summed E-state index contributed by atoms with van der Waals surface area (Å²) in [7, 11) is 0. The summed E-state index contributed by atoms with van der Waals surface area (Å²) >= 11 is 1.36. The summed E-state index contributed by atoms with van der Waals surface area (Å²) in [6.07, 6.45) is 3.22. The number of furan rings is 2. The van der Waals surface area contributed by atoms with Crippen LogP contribution in [0.1, 0.15) is 10.8 Å². The van der Waals surface area contributed by atoms with E-state index in [0.717, 1.165) is 5.56 Å². The van der Waals surface area contributed by atoms with E-state index in [1.165, 1.54) is 23.5 Å². The van der Waals surface area contributed by atoms with E-state index in [1.807, 2.05) is 11.4 Å². The molecule has 0 saturated heterocycles. The number of hydrogen-bond donors (Lipinski definition) is 0. The number of nitrogens with zero attached hydrogens (tertiary/aromatic N) is 2. The molecule has 26 heavy (non-hydrogen) atoms. The molecule has 0 aliphatic rings. The van der Waals surface area contributed by atoms with Crippen molar-refractivity contribution >= 4 is 23.0 Å². The Morgan fingerprint density at radius 3 is 2.69 bits per heavy atom. The molecule has 0 atom stereocenters. The van der Waals surface area contributed by atoms with Crippen molar-refractivity contribution in [3.63, 3.8) is 0 Å². The molecule has 1 aromatic carbocycles. The molecule has 126 valence electrons. The number of hydrogen-bond acceptors (Lipinski definition) is 5.